The van der Waals surface area contributed by atoms with Gasteiger partial charge in [0.15, 0.2) is 0 Å². The van der Waals surface area contributed by atoms with E-state index in [4.69, 9.17) is 0 Å². The molecule has 100 valence electrons. The molecule has 1 rings (SSSR count). The zero-order valence-corrected chi connectivity index (χ0v) is 10.9. The third-order valence-corrected chi connectivity index (χ3v) is 2.80. The van der Waals surface area contributed by atoms with E-state index in [0.29, 0.717) is 24.9 Å². The molecular formula is C14H21NO3. The number of carbonyl (C=O) groups is 1. The van der Waals surface area contributed by atoms with Crippen LogP contribution in [0, 0.1) is 0 Å². The van der Waals surface area contributed by atoms with Gasteiger partial charge in [0.25, 0.3) is 0 Å². The summed E-state index contributed by atoms with van der Waals surface area (Å²) in [5.41, 5.74) is 1.51. The van der Waals surface area contributed by atoms with Crippen molar-refractivity contribution in [3.05, 3.63) is 35.4 Å². The van der Waals surface area contributed by atoms with Crippen molar-refractivity contribution in [2.45, 2.75) is 32.0 Å². The highest BCUT2D eigenvalue weighted by molar-refractivity contribution is 5.78. The maximum Gasteiger partial charge on any atom is 0.134 e. The average molecular weight is 251 g/mol. The first-order valence-corrected chi connectivity index (χ1v) is 6.13. The molecule has 0 aliphatic carbocycles. The molecule has 0 spiro atoms. The molecule has 2 unspecified atom stereocenters. The molecule has 3 N–H and O–H groups in total. The second kappa shape index (κ2) is 7.26. The number of carbonyl (C=O) groups excluding carboxylic acids is 1. The minimum absolute atomic E-state index is 0.0809. The Bertz CT molecular complexity index is 392. The number of hydrogen-bond acceptors (Lipinski definition) is 4. The Kier molecular flexibility index (Phi) is 5.98. The van der Waals surface area contributed by atoms with Gasteiger partial charge in [-0.1, -0.05) is 24.3 Å². The maximum atomic E-state index is 11.0. The van der Waals surface area contributed by atoms with Crippen LogP contribution in [0.4, 0.5) is 0 Å². The molecule has 0 aliphatic rings. The smallest absolute Gasteiger partial charge is 0.134 e. The molecule has 4 heteroatoms. The van der Waals surface area contributed by atoms with Gasteiger partial charge in [-0.3, -0.25) is 4.79 Å². The molecule has 0 saturated carbocycles. The van der Waals surface area contributed by atoms with E-state index in [-0.39, 0.29) is 5.78 Å². The maximum absolute atomic E-state index is 11.0. The lowest BCUT2D eigenvalue weighted by Gasteiger charge is -2.18. The fourth-order valence-electron chi connectivity index (χ4n) is 1.85. The fourth-order valence-corrected chi connectivity index (χ4v) is 1.85. The Balaban J connectivity index is 2.72. The number of Topliss-reactive ketones (excluding diaryl/α,β-unsaturated/α-hetero) is 1. The zero-order chi connectivity index (χ0) is 13.5. The first-order chi connectivity index (χ1) is 8.54. The molecule has 0 amide bonds. The van der Waals surface area contributed by atoms with Gasteiger partial charge in [-0.15, -0.1) is 0 Å². The number of hydrogen-bond donors (Lipinski definition) is 3. The van der Waals surface area contributed by atoms with E-state index in [1.807, 2.05) is 6.07 Å². The summed E-state index contributed by atoms with van der Waals surface area (Å²) in [7, 11) is 1.80. The standard InChI is InChI=1S/C14H21NO3/c1-10(16)8-11-4-3-5-12(9-11)14(18)13(17)6-7-15-2/h3-5,9,13-15,17-18H,6-8H2,1-2H3. The van der Waals surface area contributed by atoms with Crippen LogP contribution in [0.15, 0.2) is 24.3 Å². The first kappa shape index (κ1) is 14.8. The summed E-state index contributed by atoms with van der Waals surface area (Å²) in [6.07, 6.45) is -0.878. The molecule has 18 heavy (non-hydrogen) atoms. The average Bonchev–Trinajstić information content (AvgIpc) is 2.34. The van der Waals surface area contributed by atoms with Gasteiger partial charge in [-0.25, -0.2) is 0 Å². The van der Waals surface area contributed by atoms with Crippen LogP contribution in [-0.2, 0) is 11.2 Å². The Labute approximate surface area is 108 Å². The molecular weight excluding hydrogens is 230 g/mol. The zero-order valence-electron chi connectivity index (χ0n) is 10.9. The van der Waals surface area contributed by atoms with E-state index in [1.54, 1.807) is 25.2 Å². The summed E-state index contributed by atoms with van der Waals surface area (Å²) in [5.74, 6) is 0.0809. The van der Waals surface area contributed by atoms with E-state index in [2.05, 4.69) is 5.32 Å². The van der Waals surface area contributed by atoms with Gasteiger partial charge in [0, 0.05) is 6.42 Å². The van der Waals surface area contributed by atoms with Crippen LogP contribution in [0.1, 0.15) is 30.6 Å². The largest absolute Gasteiger partial charge is 0.390 e. The topological polar surface area (TPSA) is 69.6 Å². The lowest BCUT2D eigenvalue weighted by molar-refractivity contribution is -0.116. The predicted molar refractivity (Wildman–Crippen MR) is 70.3 cm³/mol. The number of rotatable bonds is 7. The summed E-state index contributed by atoms with van der Waals surface area (Å²) in [6.45, 7) is 2.18. The predicted octanol–water partition coefficient (Wildman–Crippen LogP) is 0.822. The highest BCUT2D eigenvalue weighted by atomic mass is 16.3. The molecule has 0 radical (unpaired) electrons. The molecule has 1 aromatic carbocycles. The lowest BCUT2D eigenvalue weighted by atomic mass is 9.98. The van der Waals surface area contributed by atoms with Crippen LogP contribution in [0.3, 0.4) is 0 Å². The van der Waals surface area contributed by atoms with Crippen LogP contribution in [0.5, 0.6) is 0 Å². The molecule has 0 heterocycles. The van der Waals surface area contributed by atoms with E-state index in [9.17, 15) is 15.0 Å². The van der Waals surface area contributed by atoms with Gasteiger partial charge < -0.3 is 15.5 Å². The summed E-state index contributed by atoms with van der Waals surface area (Å²) in [5, 5.41) is 22.8. The van der Waals surface area contributed by atoms with E-state index in [0.717, 1.165) is 5.56 Å². The molecule has 0 saturated heterocycles. The van der Waals surface area contributed by atoms with Crippen molar-refractivity contribution in [2.24, 2.45) is 0 Å². The van der Waals surface area contributed by atoms with Gasteiger partial charge in [0.2, 0.25) is 0 Å². The minimum Gasteiger partial charge on any atom is -0.390 e. The monoisotopic (exact) mass is 251 g/mol. The first-order valence-electron chi connectivity index (χ1n) is 6.13. The molecule has 0 fully saturated rings. The van der Waals surface area contributed by atoms with Crippen molar-refractivity contribution in [1.29, 1.82) is 0 Å². The fraction of sp³-hybridized carbons (Fsp3) is 0.500. The number of ketones is 1. The Morgan fingerprint density at radius 2 is 2.11 bits per heavy atom. The van der Waals surface area contributed by atoms with E-state index in [1.165, 1.54) is 6.92 Å². The highest BCUT2D eigenvalue weighted by Crippen LogP contribution is 2.20. The van der Waals surface area contributed by atoms with Crippen LogP contribution >= 0.6 is 0 Å². The van der Waals surface area contributed by atoms with Crippen molar-refractivity contribution in [2.75, 3.05) is 13.6 Å². The van der Waals surface area contributed by atoms with Crippen LogP contribution in [0.25, 0.3) is 0 Å². The van der Waals surface area contributed by atoms with Gasteiger partial charge >= 0.3 is 0 Å². The number of nitrogens with one attached hydrogen (secondary N) is 1. The van der Waals surface area contributed by atoms with Crippen LogP contribution < -0.4 is 5.32 Å². The van der Waals surface area contributed by atoms with Crippen molar-refractivity contribution in [3.8, 4) is 0 Å². The third-order valence-electron chi connectivity index (χ3n) is 2.80. The van der Waals surface area contributed by atoms with Crippen molar-refractivity contribution < 1.29 is 15.0 Å². The van der Waals surface area contributed by atoms with Crippen LogP contribution in [-0.4, -0.2) is 35.7 Å². The molecule has 4 nitrogen and oxygen atoms in total. The summed E-state index contributed by atoms with van der Waals surface area (Å²) in [6, 6.07) is 7.17. The number of benzene rings is 1. The number of aliphatic hydroxyl groups is 2. The summed E-state index contributed by atoms with van der Waals surface area (Å²) < 4.78 is 0. The molecule has 1 aromatic rings. The van der Waals surface area contributed by atoms with Crippen molar-refractivity contribution in [1.82, 2.24) is 5.32 Å². The van der Waals surface area contributed by atoms with Gasteiger partial charge in [-0.05, 0) is 38.1 Å². The molecule has 0 aromatic heterocycles. The van der Waals surface area contributed by atoms with Gasteiger partial charge in [-0.2, -0.15) is 0 Å². The Morgan fingerprint density at radius 3 is 2.72 bits per heavy atom. The van der Waals surface area contributed by atoms with E-state index < -0.39 is 12.2 Å². The normalized spacial score (nSPS) is 14.2. The molecule has 0 bridgehead atoms. The van der Waals surface area contributed by atoms with Crippen LogP contribution in [0.2, 0.25) is 0 Å². The quantitative estimate of drug-likeness (QED) is 0.671. The van der Waals surface area contributed by atoms with Gasteiger partial charge in [0.1, 0.15) is 11.9 Å². The molecule has 0 aliphatic heterocycles. The molecule has 2 atom stereocenters. The van der Waals surface area contributed by atoms with Crippen molar-refractivity contribution >= 4 is 5.78 Å². The highest BCUT2D eigenvalue weighted by Gasteiger charge is 2.18. The Morgan fingerprint density at radius 1 is 1.39 bits per heavy atom. The minimum atomic E-state index is -0.912. The second-order valence-electron chi connectivity index (χ2n) is 4.53. The summed E-state index contributed by atoms with van der Waals surface area (Å²) >= 11 is 0. The lowest BCUT2D eigenvalue weighted by Crippen LogP contribution is -2.23. The van der Waals surface area contributed by atoms with Crippen molar-refractivity contribution in [3.63, 3.8) is 0 Å². The summed E-state index contributed by atoms with van der Waals surface area (Å²) in [4.78, 5) is 11.0. The Hall–Kier alpha value is -1.23. The second-order valence-corrected chi connectivity index (χ2v) is 4.53. The van der Waals surface area contributed by atoms with Gasteiger partial charge in [0.05, 0.1) is 6.10 Å². The SMILES string of the molecule is CNCCC(O)C(O)c1cccc(CC(C)=O)c1. The number of aliphatic hydroxyl groups excluding tert-OH is 2. The van der Waals surface area contributed by atoms with E-state index >= 15 is 0 Å². The third kappa shape index (κ3) is 4.56.